The Morgan fingerprint density at radius 2 is 1.82 bits per heavy atom. The normalized spacial score (nSPS) is 13.7. The summed E-state index contributed by atoms with van der Waals surface area (Å²) >= 11 is 0. The van der Waals surface area contributed by atoms with E-state index in [0.29, 0.717) is 30.8 Å². The zero-order valence-corrected chi connectivity index (χ0v) is 18.2. The minimum Gasteiger partial charge on any atom is -0.492 e. The lowest BCUT2D eigenvalue weighted by Gasteiger charge is -2.24. The first kappa shape index (κ1) is 21.0. The van der Waals surface area contributed by atoms with Crippen LogP contribution < -0.4 is 15.1 Å². The second-order valence-corrected chi connectivity index (χ2v) is 8.32. The molecule has 33 heavy (non-hydrogen) atoms. The number of halogens is 1. The summed E-state index contributed by atoms with van der Waals surface area (Å²) in [6.07, 6.45) is 3.22. The number of anilines is 1. The number of fused-ring (bicyclic) bond motifs is 2. The molecule has 6 nitrogen and oxygen atoms in total. The molecule has 2 heterocycles. The van der Waals surface area contributed by atoms with E-state index in [9.17, 15) is 14.7 Å². The van der Waals surface area contributed by atoms with Crippen molar-refractivity contribution < 1.29 is 19.0 Å². The van der Waals surface area contributed by atoms with Gasteiger partial charge in [0.1, 0.15) is 11.3 Å². The van der Waals surface area contributed by atoms with Crippen molar-refractivity contribution in [2.45, 2.75) is 19.4 Å². The first-order valence-corrected chi connectivity index (χ1v) is 10.9. The largest absolute Gasteiger partial charge is 0.492 e. The average molecular weight is 446 g/mol. The van der Waals surface area contributed by atoms with E-state index < -0.39 is 22.8 Å². The first-order chi connectivity index (χ1) is 16.0. The molecule has 1 saturated heterocycles. The number of ether oxygens (including phenoxy) is 1. The van der Waals surface area contributed by atoms with Crippen LogP contribution in [0.4, 0.5) is 10.1 Å². The van der Waals surface area contributed by atoms with Gasteiger partial charge in [-0.05, 0) is 41.3 Å². The highest BCUT2D eigenvalue weighted by Gasteiger charge is 2.27. The molecule has 0 bridgehead atoms. The third kappa shape index (κ3) is 3.59. The van der Waals surface area contributed by atoms with Crippen LogP contribution in [0.2, 0.25) is 0 Å². The SMILES string of the molecule is COc1c(N2CCCC2)c(F)cc2c(=O)c(C(=O)O)cn(Cc3ccc4ccccc4c3)c12. The predicted molar refractivity (Wildman–Crippen MR) is 126 cm³/mol. The Kier molecular flexibility index (Phi) is 5.24. The Balaban J connectivity index is 1.77. The number of aromatic nitrogens is 1. The molecule has 0 radical (unpaired) electrons. The minimum atomic E-state index is -1.35. The highest BCUT2D eigenvalue weighted by molar-refractivity contribution is 5.97. The molecule has 1 aliphatic heterocycles. The maximum atomic E-state index is 15.2. The summed E-state index contributed by atoms with van der Waals surface area (Å²) < 4.78 is 22.6. The van der Waals surface area contributed by atoms with E-state index >= 15 is 4.39 Å². The second-order valence-electron chi connectivity index (χ2n) is 8.32. The summed E-state index contributed by atoms with van der Waals surface area (Å²) in [5, 5.41) is 11.8. The van der Waals surface area contributed by atoms with Crippen LogP contribution in [-0.2, 0) is 6.54 Å². The van der Waals surface area contributed by atoms with E-state index in [1.54, 1.807) is 4.57 Å². The van der Waals surface area contributed by atoms with Gasteiger partial charge in [0.25, 0.3) is 0 Å². The third-order valence-corrected chi connectivity index (χ3v) is 6.27. The Labute approximate surface area is 189 Å². The van der Waals surface area contributed by atoms with E-state index in [-0.39, 0.29) is 11.1 Å². The number of carbonyl (C=O) groups is 1. The number of methoxy groups -OCH3 is 1. The van der Waals surface area contributed by atoms with E-state index in [2.05, 4.69) is 0 Å². The molecular weight excluding hydrogens is 423 g/mol. The summed E-state index contributed by atoms with van der Waals surface area (Å²) in [4.78, 5) is 26.7. The van der Waals surface area contributed by atoms with Gasteiger partial charge >= 0.3 is 5.97 Å². The molecule has 5 rings (SSSR count). The van der Waals surface area contributed by atoms with Gasteiger partial charge in [-0.25, -0.2) is 9.18 Å². The Morgan fingerprint density at radius 1 is 1.09 bits per heavy atom. The quantitative estimate of drug-likeness (QED) is 0.483. The number of carboxylic acid groups (broad SMARTS) is 1. The van der Waals surface area contributed by atoms with Crippen LogP contribution >= 0.6 is 0 Å². The van der Waals surface area contributed by atoms with E-state index in [1.807, 2.05) is 47.4 Å². The van der Waals surface area contributed by atoms with Crippen LogP contribution in [0, 0.1) is 5.82 Å². The van der Waals surface area contributed by atoms with Crippen molar-refractivity contribution in [3.05, 3.63) is 81.9 Å². The van der Waals surface area contributed by atoms with E-state index in [4.69, 9.17) is 4.74 Å². The zero-order valence-electron chi connectivity index (χ0n) is 18.2. The van der Waals surface area contributed by atoms with Crippen LogP contribution in [0.3, 0.4) is 0 Å². The summed E-state index contributed by atoms with van der Waals surface area (Å²) in [5.74, 6) is -1.68. The molecule has 0 saturated carbocycles. The van der Waals surface area contributed by atoms with Gasteiger partial charge < -0.3 is 19.3 Å². The number of hydrogen-bond donors (Lipinski definition) is 1. The lowest BCUT2D eigenvalue weighted by molar-refractivity contribution is 0.0695. The van der Waals surface area contributed by atoms with Crippen molar-refractivity contribution in [2.24, 2.45) is 0 Å². The highest BCUT2D eigenvalue weighted by Crippen LogP contribution is 2.39. The first-order valence-electron chi connectivity index (χ1n) is 10.9. The van der Waals surface area contributed by atoms with Gasteiger partial charge in [-0.2, -0.15) is 0 Å². The van der Waals surface area contributed by atoms with Gasteiger partial charge in [0.15, 0.2) is 11.6 Å². The molecule has 0 atom stereocenters. The molecule has 0 unspecified atom stereocenters. The maximum Gasteiger partial charge on any atom is 0.341 e. The molecule has 1 aliphatic rings. The Morgan fingerprint density at radius 3 is 2.52 bits per heavy atom. The van der Waals surface area contributed by atoms with Gasteiger partial charge in [-0.15, -0.1) is 0 Å². The molecule has 4 aromatic rings. The summed E-state index contributed by atoms with van der Waals surface area (Å²) in [5.41, 5.74) is 0.501. The van der Waals surface area contributed by atoms with Gasteiger partial charge in [0, 0.05) is 25.8 Å². The Hall–Kier alpha value is -3.87. The van der Waals surface area contributed by atoms with Crippen LogP contribution in [0.1, 0.15) is 28.8 Å². The second kappa shape index (κ2) is 8.24. The number of carboxylic acids is 1. The predicted octanol–water partition coefficient (Wildman–Crippen LogP) is 4.65. The average Bonchev–Trinajstić information content (AvgIpc) is 3.34. The van der Waals surface area contributed by atoms with Crippen LogP contribution in [0.15, 0.2) is 59.5 Å². The number of aromatic carboxylic acids is 1. The van der Waals surface area contributed by atoms with Crippen molar-refractivity contribution in [3.63, 3.8) is 0 Å². The summed E-state index contributed by atoms with van der Waals surface area (Å²) in [6, 6.07) is 15.1. The van der Waals surface area contributed by atoms with Crippen molar-refractivity contribution in [1.29, 1.82) is 0 Å². The van der Waals surface area contributed by atoms with Gasteiger partial charge in [0.2, 0.25) is 5.43 Å². The zero-order chi connectivity index (χ0) is 23.1. The molecule has 0 aliphatic carbocycles. The molecule has 3 aromatic carbocycles. The summed E-state index contributed by atoms with van der Waals surface area (Å²) in [6.45, 7) is 1.69. The fraction of sp³-hybridized carbons (Fsp3) is 0.231. The van der Waals surface area contributed by atoms with Gasteiger partial charge in [-0.3, -0.25) is 4.79 Å². The Bertz CT molecular complexity index is 1450. The van der Waals surface area contributed by atoms with Gasteiger partial charge in [0.05, 0.1) is 18.0 Å². The van der Waals surface area contributed by atoms with Crippen LogP contribution in [-0.4, -0.2) is 35.8 Å². The van der Waals surface area contributed by atoms with Crippen molar-refractivity contribution in [1.82, 2.24) is 4.57 Å². The molecule has 7 heteroatoms. The number of benzene rings is 3. The minimum absolute atomic E-state index is 0.00649. The molecular formula is C26H23FN2O4. The lowest BCUT2D eigenvalue weighted by atomic mass is 10.1. The number of hydrogen-bond acceptors (Lipinski definition) is 4. The van der Waals surface area contributed by atoms with Crippen molar-refractivity contribution >= 4 is 33.3 Å². The standard InChI is InChI=1S/C26H23FN2O4/c1-33-25-22-19(13-21(27)23(25)28-10-4-5-11-28)24(30)20(26(31)32)15-29(22)14-16-8-9-17-6-2-3-7-18(17)12-16/h2-3,6-9,12-13,15H,4-5,10-11,14H2,1H3,(H,31,32). The topological polar surface area (TPSA) is 71.8 Å². The fourth-order valence-corrected chi connectivity index (χ4v) is 4.73. The fourth-order valence-electron chi connectivity index (χ4n) is 4.73. The molecule has 1 N–H and O–H groups in total. The molecule has 168 valence electrons. The smallest absolute Gasteiger partial charge is 0.341 e. The van der Waals surface area contributed by atoms with Crippen LogP contribution in [0.5, 0.6) is 5.75 Å². The third-order valence-electron chi connectivity index (χ3n) is 6.27. The molecule has 0 amide bonds. The number of pyridine rings is 1. The summed E-state index contributed by atoms with van der Waals surface area (Å²) in [7, 11) is 1.45. The monoisotopic (exact) mass is 446 g/mol. The maximum absolute atomic E-state index is 15.2. The van der Waals surface area contributed by atoms with E-state index in [1.165, 1.54) is 13.3 Å². The van der Waals surface area contributed by atoms with Crippen LogP contribution in [0.25, 0.3) is 21.7 Å². The van der Waals surface area contributed by atoms with E-state index in [0.717, 1.165) is 35.2 Å². The molecule has 1 aromatic heterocycles. The molecule has 1 fully saturated rings. The van der Waals surface area contributed by atoms with Crippen molar-refractivity contribution in [2.75, 3.05) is 25.1 Å². The lowest BCUT2D eigenvalue weighted by Crippen LogP contribution is -2.23. The highest BCUT2D eigenvalue weighted by atomic mass is 19.1. The number of rotatable bonds is 5. The number of nitrogens with zero attached hydrogens (tertiary/aromatic N) is 2. The van der Waals surface area contributed by atoms with Gasteiger partial charge in [-0.1, -0.05) is 36.4 Å². The molecule has 0 spiro atoms. The van der Waals surface area contributed by atoms with Crippen molar-refractivity contribution in [3.8, 4) is 5.75 Å².